The normalized spacial score (nSPS) is 25.4. The van der Waals surface area contributed by atoms with E-state index >= 15 is 0 Å². The highest BCUT2D eigenvalue weighted by molar-refractivity contribution is 8.25. The number of fused-ring (bicyclic) bond motifs is 1. The molecule has 0 aromatic carbocycles. The summed E-state index contributed by atoms with van der Waals surface area (Å²) in [6.45, 7) is 0. The lowest BCUT2D eigenvalue weighted by molar-refractivity contribution is -0.152. The van der Waals surface area contributed by atoms with Crippen LogP contribution >= 0.6 is 11.8 Å². The van der Waals surface area contributed by atoms with Gasteiger partial charge in [-0.05, 0) is 24.5 Å². The second kappa shape index (κ2) is 5.59. The van der Waals surface area contributed by atoms with E-state index in [4.69, 9.17) is 16.6 Å². The molecule has 2 aliphatic heterocycles. The van der Waals surface area contributed by atoms with Crippen molar-refractivity contribution in [3.05, 3.63) is 23.4 Å². The van der Waals surface area contributed by atoms with Crippen molar-refractivity contribution >= 4 is 34.2 Å². The predicted molar refractivity (Wildman–Crippen MR) is 75.7 cm³/mol. The van der Waals surface area contributed by atoms with E-state index in [0.29, 0.717) is 18.4 Å². The van der Waals surface area contributed by atoms with Gasteiger partial charge in [0, 0.05) is 0 Å². The Morgan fingerprint density at radius 2 is 2.25 bits per heavy atom. The van der Waals surface area contributed by atoms with Crippen LogP contribution in [0.4, 0.5) is 0 Å². The molecule has 7 nitrogen and oxygen atoms in total. The first kappa shape index (κ1) is 14.5. The van der Waals surface area contributed by atoms with Gasteiger partial charge in [0.15, 0.2) is 0 Å². The van der Waals surface area contributed by atoms with Crippen molar-refractivity contribution in [1.29, 1.82) is 10.8 Å². The summed E-state index contributed by atoms with van der Waals surface area (Å²) in [7, 11) is 0. The quantitative estimate of drug-likeness (QED) is 0.341. The van der Waals surface area contributed by atoms with E-state index in [2.05, 4.69) is 0 Å². The number of thioether (sulfide) groups is 1. The summed E-state index contributed by atoms with van der Waals surface area (Å²) in [5.74, 6) is -1.54. The summed E-state index contributed by atoms with van der Waals surface area (Å²) in [4.78, 5) is 24.3. The average molecular weight is 294 g/mol. The fraction of sp³-hybridized carbons (Fsp3) is 0.333. The minimum Gasteiger partial charge on any atom is -0.477 e. The monoisotopic (exact) mass is 294 g/mol. The topological polar surface area (TPSA) is 131 Å². The summed E-state index contributed by atoms with van der Waals surface area (Å²) in [5, 5.41) is 23.8. The Kier molecular flexibility index (Phi) is 4.05. The van der Waals surface area contributed by atoms with E-state index in [0.717, 1.165) is 17.3 Å². The van der Waals surface area contributed by atoms with E-state index < -0.39 is 12.0 Å². The molecule has 2 atom stereocenters. The first-order valence-electron chi connectivity index (χ1n) is 5.94. The van der Waals surface area contributed by atoms with Crippen molar-refractivity contribution < 1.29 is 14.7 Å². The van der Waals surface area contributed by atoms with Gasteiger partial charge in [-0.25, -0.2) is 4.79 Å². The van der Waals surface area contributed by atoms with Gasteiger partial charge in [0.1, 0.15) is 11.7 Å². The van der Waals surface area contributed by atoms with E-state index in [-0.39, 0.29) is 22.7 Å². The number of β-lactam (4-membered cyclic amide) rings is 1. The lowest BCUT2D eigenvalue weighted by Gasteiger charge is -2.48. The number of carboxylic acids is 1. The van der Waals surface area contributed by atoms with E-state index in [1.165, 1.54) is 17.1 Å². The lowest BCUT2D eigenvalue weighted by Crippen LogP contribution is -2.69. The highest BCUT2D eigenvalue weighted by atomic mass is 32.2. The molecule has 0 spiro atoms. The van der Waals surface area contributed by atoms with Gasteiger partial charge in [-0.2, -0.15) is 0 Å². The van der Waals surface area contributed by atoms with Gasteiger partial charge in [0.05, 0.1) is 16.6 Å². The molecule has 1 fully saturated rings. The number of hydrogen-bond donors (Lipinski definition) is 4. The molecule has 0 saturated carbocycles. The Bertz CT molecular complexity index is 555. The number of nitrogens with one attached hydrogen (secondary N) is 2. The molecule has 0 radical (unpaired) electrons. The van der Waals surface area contributed by atoms with Gasteiger partial charge >= 0.3 is 5.97 Å². The molecule has 2 aliphatic rings. The number of nitrogens with two attached hydrogens (primary N) is 1. The second-order valence-electron chi connectivity index (χ2n) is 4.45. The molecule has 0 aromatic heterocycles. The smallest absolute Gasteiger partial charge is 0.352 e. The van der Waals surface area contributed by atoms with Crippen LogP contribution in [0.2, 0.25) is 0 Å². The minimum absolute atomic E-state index is 0.0446. The van der Waals surface area contributed by atoms with E-state index in [1.54, 1.807) is 0 Å². The van der Waals surface area contributed by atoms with Crippen LogP contribution in [-0.2, 0) is 9.59 Å². The number of carbonyl (C=O) groups excluding carboxylic acids is 1. The number of nitrogens with zero attached hydrogens (tertiary/aromatic N) is 1. The standard InChI is InChI=1S/C12H14N4O3S/c13-5-20-8(14)4-2-6-1-3-7-9(15)11(17)16(7)10(6)12(18)19/h2,4-5,7,9,13-14H,1,3,15H2,(H,18,19)/b4-2-,13-5?,14-8?. The molecule has 2 unspecified atom stereocenters. The van der Waals surface area contributed by atoms with Gasteiger partial charge < -0.3 is 16.2 Å². The van der Waals surface area contributed by atoms with Crippen LogP contribution in [0.5, 0.6) is 0 Å². The van der Waals surface area contributed by atoms with Crippen LogP contribution in [-0.4, -0.2) is 44.6 Å². The number of rotatable bonds is 4. The van der Waals surface area contributed by atoms with Crippen LogP contribution in [0.15, 0.2) is 23.4 Å². The maximum Gasteiger partial charge on any atom is 0.352 e. The summed E-state index contributed by atoms with van der Waals surface area (Å²) in [6, 6.07) is -0.845. The molecular formula is C12H14N4O3S. The number of carbonyl (C=O) groups is 2. The summed E-state index contributed by atoms with van der Waals surface area (Å²) in [5.41, 5.74) is 7.14. The zero-order valence-electron chi connectivity index (χ0n) is 10.5. The Morgan fingerprint density at radius 1 is 1.55 bits per heavy atom. The van der Waals surface area contributed by atoms with Crippen molar-refractivity contribution in [3.8, 4) is 0 Å². The van der Waals surface area contributed by atoms with Crippen molar-refractivity contribution in [2.45, 2.75) is 24.9 Å². The Hall–Kier alpha value is -1.93. The lowest BCUT2D eigenvalue weighted by atomic mass is 9.84. The minimum atomic E-state index is -1.17. The third-order valence-electron chi connectivity index (χ3n) is 3.35. The largest absolute Gasteiger partial charge is 0.477 e. The number of allylic oxidation sites excluding steroid dienone is 2. The summed E-state index contributed by atoms with van der Waals surface area (Å²) >= 11 is 0.913. The number of aliphatic carboxylic acids is 1. The second-order valence-corrected chi connectivity index (χ2v) is 5.36. The van der Waals surface area contributed by atoms with Gasteiger partial charge in [0.25, 0.3) is 0 Å². The van der Waals surface area contributed by atoms with Crippen LogP contribution < -0.4 is 5.73 Å². The molecule has 1 saturated heterocycles. The van der Waals surface area contributed by atoms with E-state index in [1.807, 2.05) is 0 Å². The molecule has 20 heavy (non-hydrogen) atoms. The Labute approximate surface area is 119 Å². The molecule has 106 valence electrons. The van der Waals surface area contributed by atoms with Crippen LogP contribution in [0.3, 0.4) is 0 Å². The van der Waals surface area contributed by atoms with E-state index in [9.17, 15) is 14.7 Å². The Morgan fingerprint density at radius 3 is 2.85 bits per heavy atom. The summed E-state index contributed by atoms with van der Waals surface area (Å²) in [6.07, 6.45) is 4.07. The van der Waals surface area contributed by atoms with Gasteiger partial charge in [-0.3, -0.25) is 15.1 Å². The fourth-order valence-corrected chi connectivity index (χ4v) is 2.68. The van der Waals surface area contributed by atoms with Crippen LogP contribution in [0.25, 0.3) is 0 Å². The van der Waals surface area contributed by atoms with Crippen LogP contribution in [0.1, 0.15) is 12.8 Å². The Balaban J connectivity index is 2.29. The third kappa shape index (κ3) is 2.39. The van der Waals surface area contributed by atoms with Crippen LogP contribution in [0, 0.1) is 10.8 Å². The van der Waals surface area contributed by atoms with Gasteiger partial charge in [0.2, 0.25) is 5.91 Å². The SMILES string of the molecule is N=CSC(=N)/C=C\C1=C(C(=O)O)N2C(=O)C(N)C2CC1. The molecule has 5 N–H and O–H groups in total. The molecule has 0 aliphatic carbocycles. The average Bonchev–Trinajstić information content (AvgIpc) is 2.43. The van der Waals surface area contributed by atoms with Crippen molar-refractivity contribution in [1.82, 2.24) is 4.90 Å². The van der Waals surface area contributed by atoms with Gasteiger partial charge in [-0.15, -0.1) is 0 Å². The number of carboxylic acid groups (broad SMARTS) is 1. The van der Waals surface area contributed by atoms with Gasteiger partial charge in [-0.1, -0.05) is 17.8 Å². The van der Waals surface area contributed by atoms with Crippen molar-refractivity contribution in [2.24, 2.45) is 5.73 Å². The number of hydrogen-bond acceptors (Lipinski definition) is 6. The van der Waals surface area contributed by atoms with Crippen molar-refractivity contribution in [3.63, 3.8) is 0 Å². The fourth-order valence-electron chi connectivity index (χ4n) is 2.41. The third-order valence-corrected chi connectivity index (χ3v) is 3.86. The molecule has 1 amide bonds. The summed E-state index contributed by atoms with van der Waals surface area (Å²) < 4.78 is 0. The molecule has 0 aromatic rings. The highest BCUT2D eigenvalue weighted by Crippen LogP contribution is 2.36. The first-order chi connectivity index (χ1) is 9.47. The number of amides is 1. The maximum absolute atomic E-state index is 11.7. The molecule has 2 heterocycles. The molecule has 0 bridgehead atoms. The maximum atomic E-state index is 11.7. The van der Waals surface area contributed by atoms with Crippen molar-refractivity contribution in [2.75, 3.05) is 0 Å². The first-order valence-corrected chi connectivity index (χ1v) is 6.82. The molecule has 2 rings (SSSR count). The predicted octanol–water partition coefficient (Wildman–Crippen LogP) is 0.531. The molecular weight excluding hydrogens is 280 g/mol. The highest BCUT2D eigenvalue weighted by Gasteiger charge is 2.50. The molecule has 8 heteroatoms. The zero-order chi connectivity index (χ0) is 14.9. The zero-order valence-corrected chi connectivity index (χ0v) is 11.3.